The molecular weight excluding hydrogens is 230 g/mol. The molecule has 0 spiro atoms. The van der Waals surface area contributed by atoms with Gasteiger partial charge in [0, 0.05) is 13.3 Å². The first-order chi connectivity index (χ1) is 7.47. The molecule has 0 aromatic carbocycles. The van der Waals surface area contributed by atoms with E-state index in [2.05, 4.69) is 0 Å². The summed E-state index contributed by atoms with van der Waals surface area (Å²) in [4.78, 5) is 11.0. The number of hydrogen-bond acceptors (Lipinski definition) is 2. The second-order valence-electron chi connectivity index (χ2n) is 4.02. The third-order valence-electron chi connectivity index (χ3n) is 2.50. The van der Waals surface area contributed by atoms with Crippen LogP contribution in [0.3, 0.4) is 0 Å². The number of rotatable bonds is 5. The van der Waals surface area contributed by atoms with Crippen molar-refractivity contribution in [2.24, 2.45) is 5.92 Å². The van der Waals surface area contributed by atoms with Crippen LogP contribution in [-0.4, -0.2) is 29.4 Å². The van der Waals surface area contributed by atoms with Gasteiger partial charge < -0.3 is 14.4 Å². The monoisotopic (exact) mass is 245 g/mol. The summed E-state index contributed by atoms with van der Waals surface area (Å²) in [5.41, 5.74) is 0.195. The van der Waals surface area contributed by atoms with Crippen molar-refractivity contribution in [2.75, 3.05) is 13.7 Å². The average Bonchev–Trinajstić information content (AvgIpc) is 2.56. The van der Waals surface area contributed by atoms with Crippen LogP contribution in [0.1, 0.15) is 30.4 Å². The van der Waals surface area contributed by atoms with Gasteiger partial charge in [-0.1, -0.05) is 25.4 Å². The molecule has 1 heterocycles. The van der Waals surface area contributed by atoms with E-state index >= 15 is 0 Å². The van der Waals surface area contributed by atoms with Crippen molar-refractivity contribution in [1.82, 2.24) is 4.57 Å². The van der Waals surface area contributed by atoms with Crippen LogP contribution in [0.5, 0.6) is 0 Å². The summed E-state index contributed by atoms with van der Waals surface area (Å²) in [7, 11) is 1.60. The Morgan fingerprint density at radius 3 is 2.69 bits per heavy atom. The molecule has 4 nitrogen and oxygen atoms in total. The smallest absolute Gasteiger partial charge is 0.352 e. The van der Waals surface area contributed by atoms with Crippen molar-refractivity contribution >= 4 is 17.6 Å². The molecule has 1 N–H and O–H groups in total. The lowest BCUT2D eigenvalue weighted by Gasteiger charge is -2.23. The molecule has 0 radical (unpaired) electrons. The summed E-state index contributed by atoms with van der Waals surface area (Å²) in [6, 6.07) is 1.43. The minimum absolute atomic E-state index is 0.0244. The summed E-state index contributed by atoms with van der Waals surface area (Å²) in [5.74, 6) is -0.713. The number of carboxylic acids is 1. The summed E-state index contributed by atoms with van der Waals surface area (Å²) >= 11 is 5.83. The maximum Gasteiger partial charge on any atom is 0.352 e. The molecule has 0 fully saturated rings. The predicted molar refractivity (Wildman–Crippen MR) is 62.2 cm³/mol. The Morgan fingerprint density at radius 2 is 2.25 bits per heavy atom. The molecular formula is C11H16ClNO3. The number of nitrogens with zero attached hydrogens (tertiary/aromatic N) is 1. The van der Waals surface area contributed by atoms with E-state index in [1.165, 1.54) is 6.07 Å². The quantitative estimate of drug-likeness (QED) is 0.868. The number of methoxy groups -OCH3 is 1. The van der Waals surface area contributed by atoms with Gasteiger partial charge in [0.05, 0.1) is 17.7 Å². The lowest BCUT2D eigenvalue weighted by Crippen LogP contribution is -2.23. The average molecular weight is 246 g/mol. The largest absolute Gasteiger partial charge is 0.477 e. The number of ether oxygens (including phenoxy) is 1. The molecule has 5 heteroatoms. The van der Waals surface area contributed by atoms with Crippen LogP contribution in [0.15, 0.2) is 12.3 Å². The van der Waals surface area contributed by atoms with Gasteiger partial charge in [-0.05, 0) is 12.0 Å². The second kappa shape index (κ2) is 5.37. The van der Waals surface area contributed by atoms with Crippen LogP contribution in [0, 0.1) is 5.92 Å². The molecule has 0 aliphatic heterocycles. The van der Waals surface area contributed by atoms with Crippen molar-refractivity contribution in [2.45, 2.75) is 19.9 Å². The number of hydrogen-bond donors (Lipinski definition) is 1. The number of carbonyl (C=O) groups is 1. The Labute approximate surface area is 99.8 Å². The molecule has 1 atom stereocenters. The molecule has 0 amide bonds. The van der Waals surface area contributed by atoms with Crippen molar-refractivity contribution in [1.29, 1.82) is 0 Å². The van der Waals surface area contributed by atoms with Gasteiger partial charge in [0.15, 0.2) is 0 Å². The van der Waals surface area contributed by atoms with Gasteiger partial charge in [0.2, 0.25) is 0 Å². The van der Waals surface area contributed by atoms with Crippen LogP contribution >= 0.6 is 11.6 Å². The van der Waals surface area contributed by atoms with Gasteiger partial charge in [0.25, 0.3) is 0 Å². The molecule has 0 aliphatic carbocycles. The number of halogens is 1. The van der Waals surface area contributed by atoms with E-state index in [1.807, 2.05) is 13.8 Å². The number of carboxylic acid groups (broad SMARTS) is 1. The van der Waals surface area contributed by atoms with Crippen LogP contribution in [-0.2, 0) is 4.74 Å². The van der Waals surface area contributed by atoms with Gasteiger partial charge in [-0.3, -0.25) is 0 Å². The normalized spacial score (nSPS) is 13.1. The summed E-state index contributed by atoms with van der Waals surface area (Å²) < 4.78 is 6.77. The molecule has 0 bridgehead atoms. The molecule has 0 saturated heterocycles. The topological polar surface area (TPSA) is 51.5 Å². The highest BCUT2D eigenvalue weighted by molar-refractivity contribution is 6.30. The van der Waals surface area contributed by atoms with E-state index in [0.29, 0.717) is 11.6 Å². The molecule has 1 aromatic heterocycles. The van der Waals surface area contributed by atoms with Crippen LogP contribution in [0.4, 0.5) is 0 Å². The maximum atomic E-state index is 11.0. The SMILES string of the molecule is COCC(C(C)C)n1cc(Cl)cc1C(=O)O. The fraction of sp³-hybridized carbons (Fsp3) is 0.545. The zero-order chi connectivity index (χ0) is 12.3. The third kappa shape index (κ3) is 2.77. The van der Waals surface area contributed by atoms with Gasteiger partial charge in [0.1, 0.15) is 5.69 Å². The Bertz CT molecular complexity index is 373. The van der Waals surface area contributed by atoms with E-state index in [-0.39, 0.29) is 17.7 Å². The highest BCUT2D eigenvalue weighted by Gasteiger charge is 2.21. The Balaban J connectivity index is 3.12. The highest BCUT2D eigenvalue weighted by atomic mass is 35.5. The summed E-state index contributed by atoms with van der Waals surface area (Å²) in [5, 5.41) is 9.49. The van der Waals surface area contributed by atoms with E-state index in [4.69, 9.17) is 21.4 Å². The molecule has 16 heavy (non-hydrogen) atoms. The Morgan fingerprint density at radius 1 is 1.62 bits per heavy atom. The van der Waals surface area contributed by atoms with Crippen LogP contribution < -0.4 is 0 Å². The zero-order valence-electron chi connectivity index (χ0n) is 9.61. The standard InChI is InChI=1S/C11H16ClNO3/c1-7(2)10(6-16-3)13-5-8(12)4-9(13)11(14)15/h4-5,7,10H,6H2,1-3H3,(H,14,15). The van der Waals surface area contributed by atoms with Crippen molar-refractivity contribution in [3.63, 3.8) is 0 Å². The number of aromatic carboxylic acids is 1. The van der Waals surface area contributed by atoms with Crippen molar-refractivity contribution in [3.05, 3.63) is 23.0 Å². The fourth-order valence-electron chi connectivity index (χ4n) is 1.66. The Hall–Kier alpha value is -1.00. The first-order valence-electron chi connectivity index (χ1n) is 5.07. The lowest BCUT2D eigenvalue weighted by atomic mass is 10.1. The van der Waals surface area contributed by atoms with Crippen molar-refractivity contribution < 1.29 is 14.6 Å². The fourth-order valence-corrected chi connectivity index (χ4v) is 1.86. The number of aromatic nitrogens is 1. The van der Waals surface area contributed by atoms with Gasteiger partial charge in [-0.2, -0.15) is 0 Å². The minimum Gasteiger partial charge on any atom is -0.477 e. The van der Waals surface area contributed by atoms with E-state index in [9.17, 15) is 4.79 Å². The molecule has 0 saturated carbocycles. The zero-order valence-corrected chi connectivity index (χ0v) is 10.4. The van der Waals surface area contributed by atoms with Crippen LogP contribution in [0.2, 0.25) is 5.02 Å². The molecule has 1 unspecified atom stereocenters. The predicted octanol–water partition coefficient (Wildman–Crippen LogP) is 2.68. The maximum absolute atomic E-state index is 11.0. The first-order valence-corrected chi connectivity index (χ1v) is 5.44. The molecule has 90 valence electrons. The minimum atomic E-state index is -0.978. The molecule has 0 aliphatic rings. The lowest BCUT2D eigenvalue weighted by molar-refractivity contribution is 0.0671. The van der Waals surface area contributed by atoms with Gasteiger partial charge in [-0.15, -0.1) is 0 Å². The Kier molecular flexibility index (Phi) is 4.38. The third-order valence-corrected chi connectivity index (χ3v) is 2.71. The van der Waals surface area contributed by atoms with Gasteiger partial charge in [-0.25, -0.2) is 4.79 Å². The first kappa shape index (κ1) is 13.1. The molecule has 1 rings (SSSR count). The van der Waals surface area contributed by atoms with E-state index in [1.54, 1.807) is 17.9 Å². The summed E-state index contributed by atoms with van der Waals surface area (Å²) in [6.45, 7) is 4.50. The van der Waals surface area contributed by atoms with Gasteiger partial charge >= 0.3 is 5.97 Å². The van der Waals surface area contributed by atoms with E-state index in [0.717, 1.165) is 0 Å². The summed E-state index contributed by atoms with van der Waals surface area (Å²) in [6.07, 6.45) is 1.63. The second-order valence-corrected chi connectivity index (χ2v) is 4.46. The van der Waals surface area contributed by atoms with Crippen molar-refractivity contribution in [3.8, 4) is 0 Å². The van der Waals surface area contributed by atoms with E-state index < -0.39 is 5.97 Å². The highest BCUT2D eigenvalue weighted by Crippen LogP contribution is 2.24. The molecule has 1 aromatic rings. The van der Waals surface area contributed by atoms with Crippen LogP contribution in [0.25, 0.3) is 0 Å².